The van der Waals surface area contributed by atoms with Gasteiger partial charge in [0.25, 0.3) is 0 Å². The molecule has 3 heteroatoms. The average molecular weight is 288 g/mol. The SMILES string of the molecule is COc1ccc2c(c1)C(N(C)CC1CCCCN1)CCC2. The van der Waals surface area contributed by atoms with Crippen molar-refractivity contribution < 1.29 is 4.74 Å². The van der Waals surface area contributed by atoms with Gasteiger partial charge in [-0.25, -0.2) is 0 Å². The van der Waals surface area contributed by atoms with Crippen molar-refractivity contribution in [3.8, 4) is 5.75 Å². The molecule has 1 saturated heterocycles. The molecule has 1 aromatic rings. The van der Waals surface area contributed by atoms with Gasteiger partial charge in [-0.15, -0.1) is 0 Å². The average Bonchev–Trinajstić information content (AvgIpc) is 2.54. The first-order valence-corrected chi connectivity index (χ1v) is 8.38. The highest BCUT2D eigenvalue weighted by molar-refractivity contribution is 5.39. The Morgan fingerprint density at radius 2 is 2.14 bits per heavy atom. The van der Waals surface area contributed by atoms with Crippen molar-refractivity contribution in [2.75, 3.05) is 27.2 Å². The van der Waals surface area contributed by atoms with Crippen LogP contribution in [0.4, 0.5) is 0 Å². The van der Waals surface area contributed by atoms with Gasteiger partial charge in [-0.3, -0.25) is 4.90 Å². The fourth-order valence-corrected chi connectivity index (χ4v) is 3.89. The third-order valence-corrected chi connectivity index (χ3v) is 5.09. The van der Waals surface area contributed by atoms with Crippen molar-refractivity contribution >= 4 is 0 Å². The molecular weight excluding hydrogens is 260 g/mol. The highest BCUT2D eigenvalue weighted by atomic mass is 16.5. The maximum atomic E-state index is 5.43. The molecule has 2 unspecified atom stereocenters. The topological polar surface area (TPSA) is 24.5 Å². The number of fused-ring (bicyclic) bond motifs is 1. The van der Waals surface area contributed by atoms with E-state index in [0.29, 0.717) is 12.1 Å². The van der Waals surface area contributed by atoms with Crippen molar-refractivity contribution in [2.24, 2.45) is 0 Å². The second-order valence-corrected chi connectivity index (χ2v) is 6.56. The molecule has 116 valence electrons. The molecule has 0 amide bonds. The lowest BCUT2D eigenvalue weighted by molar-refractivity contribution is 0.186. The molecule has 21 heavy (non-hydrogen) atoms. The molecule has 3 nitrogen and oxygen atoms in total. The molecule has 2 atom stereocenters. The smallest absolute Gasteiger partial charge is 0.119 e. The normalized spacial score (nSPS) is 25.7. The van der Waals surface area contributed by atoms with Gasteiger partial charge in [0.1, 0.15) is 5.75 Å². The molecule has 0 saturated carbocycles. The Balaban J connectivity index is 1.73. The van der Waals surface area contributed by atoms with Gasteiger partial charge in [0.15, 0.2) is 0 Å². The summed E-state index contributed by atoms with van der Waals surface area (Å²) in [4.78, 5) is 2.56. The van der Waals surface area contributed by atoms with Crippen LogP contribution in [0.1, 0.15) is 49.3 Å². The second-order valence-electron chi connectivity index (χ2n) is 6.56. The van der Waals surface area contributed by atoms with Crippen LogP contribution in [0.5, 0.6) is 5.75 Å². The largest absolute Gasteiger partial charge is 0.497 e. The van der Waals surface area contributed by atoms with E-state index < -0.39 is 0 Å². The van der Waals surface area contributed by atoms with Crippen LogP contribution < -0.4 is 10.1 Å². The number of hydrogen-bond donors (Lipinski definition) is 1. The lowest BCUT2D eigenvalue weighted by Crippen LogP contribution is -2.43. The zero-order valence-electron chi connectivity index (χ0n) is 13.4. The number of methoxy groups -OCH3 is 1. The van der Waals surface area contributed by atoms with E-state index in [1.807, 2.05) is 0 Å². The summed E-state index contributed by atoms with van der Waals surface area (Å²) in [5.74, 6) is 0.991. The van der Waals surface area contributed by atoms with Crippen LogP contribution >= 0.6 is 0 Å². The van der Waals surface area contributed by atoms with Gasteiger partial charge in [-0.1, -0.05) is 12.5 Å². The first kappa shape index (κ1) is 14.9. The summed E-state index contributed by atoms with van der Waals surface area (Å²) in [6.07, 6.45) is 7.81. The van der Waals surface area contributed by atoms with Crippen molar-refractivity contribution in [3.05, 3.63) is 29.3 Å². The van der Waals surface area contributed by atoms with Crippen molar-refractivity contribution in [1.82, 2.24) is 10.2 Å². The molecule has 0 aromatic heterocycles. The number of benzene rings is 1. The van der Waals surface area contributed by atoms with Crippen LogP contribution in [-0.4, -0.2) is 38.2 Å². The predicted molar refractivity (Wildman–Crippen MR) is 86.9 cm³/mol. The second kappa shape index (κ2) is 6.80. The number of hydrogen-bond acceptors (Lipinski definition) is 3. The van der Waals surface area contributed by atoms with Gasteiger partial charge < -0.3 is 10.1 Å². The van der Waals surface area contributed by atoms with Gasteiger partial charge in [0.05, 0.1) is 7.11 Å². The van der Waals surface area contributed by atoms with Crippen LogP contribution in [0.2, 0.25) is 0 Å². The van der Waals surface area contributed by atoms with Gasteiger partial charge >= 0.3 is 0 Å². The van der Waals surface area contributed by atoms with Crippen molar-refractivity contribution in [1.29, 1.82) is 0 Å². The minimum Gasteiger partial charge on any atom is -0.497 e. The maximum Gasteiger partial charge on any atom is 0.119 e. The summed E-state index contributed by atoms with van der Waals surface area (Å²) in [6.45, 7) is 2.34. The quantitative estimate of drug-likeness (QED) is 0.921. The third kappa shape index (κ3) is 3.41. The number of ether oxygens (including phenoxy) is 1. The highest BCUT2D eigenvalue weighted by Gasteiger charge is 2.26. The van der Waals surface area contributed by atoms with Gasteiger partial charge in [0.2, 0.25) is 0 Å². The summed E-state index contributed by atoms with van der Waals surface area (Å²) >= 11 is 0. The molecule has 1 fully saturated rings. The molecular formula is C18H28N2O. The highest BCUT2D eigenvalue weighted by Crippen LogP contribution is 2.35. The fraction of sp³-hybridized carbons (Fsp3) is 0.667. The zero-order valence-corrected chi connectivity index (χ0v) is 13.4. The Morgan fingerprint density at radius 3 is 2.90 bits per heavy atom. The van der Waals surface area contributed by atoms with E-state index in [1.165, 1.54) is 56.2 Å². The van der Waals surface area contributed by atoms with E-state index in [2.05, 4.69) is 35.5 Å². The van der Waals surface area contributed by atoms with E-state index in [1.54, 1.807) is 7.11 Å². The molecule has 1 aliphatic carbocycles. The zero-order chi connectivity index (χ0) is 14.7. The molecule has 0 bridgehead atoms. The Labute approximate surface area is 128 Å². The van der Waals surface area contributed by atoms with Crippen molar-refractivity contribution in [2.45, 2.75) is 50.6 Å². The number of nitrogens with zero attached hydrogens (tertiary/aromatic N) is 1. The van der Waals surface area contributed by atoms with Gasteiger partial charge in [-0.2, -0.15) is 0 Å². The van der Waals surface area contributed by atoms with Crippen molar-refractivity contribution in [3.63, 3.8) is 0 Å². The molecule has 3 rings (SSSR count). The first-order chi connectivity index (χ1) is 10.3. The predicted octanol–water partition coefficient (Wildman–Crippen LogP) is 3.15. The molecule has 0 spiro atoms. The van der Waals surface area contributed by atoms with E-state index in [-0.39, 0.29) is 0 Å². The Morgan fingerprint density at radius 1 is 1.24 bits per heavy atom. The number of aryl methyl sites for hydroxylation is 1. The summed E-state index contributed by atoms with van der Waals surface area (Å²) in [7, 11) is 4.05. The van der Waals surface area contributed by atoms with E-state index in [9.17, 15) is 0 Å². The van der Waals surface area contributed by atoms with Crippen LogP contribution in [0.25, 0.3) is 0 Å². The Bertz CT molecular complexity index is 468. The van der Waals surface area contributed by atoms with Crippen LogP contribution in [0, 0.1) is 0 Å². The molecule has 2 aliphatic rings. The summed E-state index contributed by atoms with van der Waals surface area (Å²) < 4.78 is 5.43. The molecule has 1 N–H and O–H groups in total. The van der Waals surface area contributed by atoms with Crippen LogP contribution in [-0.2, 0) is 6.42 Å². The number of piperidine rings is 1. The van der Waals surface area contributed by atoms with Gasteiger partial charge in [0, 0.05) is 18.6 Å². The molecule has 1 aromatic carbocycles. The number of likely N-dealkylation sites (N-methyl/N-ethyl adjacent to an activating group) is 1. The Hall–Kier alpha value is -1.06. The monoisotopic (exact) mass is 288 g/mol. The van der Waals surface area contributed by atoms with E-state index in [4.69, 9.17) is 4.74 Å². The molecule has 0 radical (unpaired) electrons. The van der Waals surface area contributed by atoms with Crippen LogP contribution in [0.15, 0.2) is 18.2 Å². The van der Waals surface area contributed by atoms with Crippen LogP contribution in [0.3, 0.4) is 0 Å². The van der Waals surface area contributed by atoms with E-state index in [0.717, 1.165) is 12.3 Å². The summed E-state index contributed by atoms with van der Waals surface area (Å²) in [5.41, 5.74) is 2.99. The molecule has 1 aliphatic heterocycles. The fourth-order valence-electron chi connectivity index (χ4n) is 3.89. The first-order valence-electron chi connectivity index (χ1n) is 8.38. The molecule has 1 heterocycles. The lowest BCUT2D eigenvalue weighted by Gasteiger charge is -2.36. The minimum atomic E-state index is 0.549. The van der Waals surface area contributed by atoms with E-state index >= 15 is 0 Å². The standard InChI is InChI=1S/C18H28N2O/c1-20(13-15-7-3-4-11-19-15)18-8-5-6-14-9-10-16(21-2)12-17(14)18/h9-10,12,15,18-19H,3-8,11,13H2,1-2H3. The Kier molecular flexibility index (Phi) is 4.81. The number of nitrogens with one attached hydrogen (secondary N) is 1. The summed E-state index contributed by atoms with van der Waals surface area (Å²) in [5, 5.41) is 3.67. The summed E-state index contributed by atoms with van der Waals surface area (Å²) in [6, 6.07) is 7.83. The number of rotatable bonds is 4. The third-order valence-electron chi connectivity index (χ3n) is 5.09. The van der Waals surface area contributed by atoms with Gasteiger partial charge in [-0.05, 0) is 69.0 Å². The maximum absolute atomic E-state index is 5.43. The lowest BCUT2D eigenvalue weighted by atomic mass is 9.86. The minimum absolute atomic E-state index is 0.549.